The summed E-state index contributed by atoms with van der Waals surface area (Å²) in [5.74, 6) is 1.50. The van der Waals surface area contributed by atoms with E-state index >= 15 is 0 Å². The average Bonchev–Trinajstić information content (AvgIpc) is 3.55. The summed E-state index contributed by atoms with van der Waals surface area (Å²) >= 11 is 1.50. The molecule has 3 aromatic heterocycles. The molecule has 0 bridgehead atoms. The van der Waals surface area contributed by atoms with Crippen LogP contribution in [-0.4, -0.2) is 57.8 Å². The fraction of sp³-hybridized carbons (Fsp3) is 0.333. The van der Waals surface area contributed by atoms with Gasteiger partial charge in [0.2, 0.25) is 0 Å². The SMILES string of the molecule is Cc1ccc(-n2nc(C(C)(C)C)cc2NC(=O)Nc2ccc(N3CCN(C(=O)c4sccc4C)CC3)nc2)cc1. The van der Waals surface area contributed by atoms with Crippen LogP contribution in [0.1, 0.15) is 47.3 Å². The first-order valence-corrected chi connectivity index (χ1v) is 14.3. The minimum atomic E-state index is -0.376. The Morgan fingerprint density at radius 2 is 1.65 bits per heavy atom. The highest BCUT2D eigenvalue weighted by atomic mass is 32.1. The summed E-state index contributed by atoms with van der Waals surface area (Å²) in [6.07, 6.45) is 1.65. The van der Waals surface area contributed by atoms with Crippen LogP contribution in [0.25, 0.3) is 5.69 Å². The second-order valence-electron chi connectivity index (χ2n) is 11.1. The molecule has 3 amide bonds. The number of benzene rings is 1. The Kier molecular flexibility index (Phi) is 7.62. The van der Waals surface area contributed by atoms with Crippen molar-refractivity contribution in [3.8, 4) is 5.69 Å². The molecular weight excluding hydrogens is 522 g/mol. The topological polar surface area (TPSA) is 95.4 Å². The predicted octanol–water partition coefficient (Wildman–Crippen LogP) is 5.85. The quantitative estimate of drug-likeness (QED) is 0.321. The van der Waals surface area contributed by atoms with Crippen LogP contribution in [0.15, 0.2) is 60.1 Å². The minimum absolute atomic E-state index is 0.101. The van der Waals surface area contributed by atoms with E-state index in [9.17, 15) is 9.59 Å². The van der Waals surface area contributed by atoms with Crippen molar-refractivity contribution < 1.29 is 9.59 Å². The second-order valence-corrected chi connectivity index (χ2v) is 12.0. The molecule has 0 radical (unpaired) electrons. The Bertz CT molecular complexity index is 1490. The molecule has 5 rings (SSSR count). The number of nitrogens with one attached hydrogen (secondary N) is 2. The van der Waals surface area contributed by atoms with Crippen LogP contribution in [-0.2, 0) is 5.41 Å². The predicted molar refractivity (Wildman–Crippen MR) is 161 cm³/mol. The monoisotopic (exact) mass is 557 g/mol. The van der Waals surface area contributed by atoms with Crippen molar-refractivity contribution in [3.05, 3.63) is 81.8 Å². The Morgan fingerprint density at radius 1 is 0.925 bits per heavy atom. The molecule has 10 heteroatoms. The van der Waals surface area contributed by atoms with Crippen molar-refractivity contribution in [2.45, 2.75) is 40.0 Å². The summed E-state index contributed by atoms with van der Waals surface area (Å²) in [5, 5.41) is 12.6. The van der Waals surface area contributed by atoms with Gasteiger partial charge < -0.3 is 15.1 Å². The lowest BCUT2D eigenvalue weighted by Gasteiger charge is -2.35. The molecule has 0 atom stereocenters. The Labute approximate surface area is 238 Å². The van der Waals surface area contributed by atoms with E-state index in [4.69, 9.17) is 5.10 Å². The van der Waals surface area contributed by atoms with Gasteiger partial charge in [-0.1, -0.05) is 38.5 Å². The van der Waals surface area contributed by atoms with Crippen LogP contribution < -0.4 is 15.5 Å². The number of anilines is 3. The molecule has 4 aromatic rings. The molecule has 2 N–H and O–H groups in total. The summed E-state index contributed by atoms with van der Waals surface area (Å²) in [6.45, 7) is 13.0. The number of nitrogens with zero attached hydrogens (tertiary/aromatic N) is 5. The molecule has 1 aliphatic rings. The number of thiophene rings is 1. The maximum Gasteiger partial charge on any atom is 0.324 e. The number of urea groups is 1. The first-order chi connectivity index (χ1) is 19.1. The largest absolute Gasteiger partial charge is 0.353 e. The number of hydrogen-bond acceptors (Lipinski definition) is 6. The zero-order valence-electron chi connectivity index (χ0n) is 23.6. The fourth-order valence-electron chi connectivity index (χ4n) is 4.52. The van der Waals surface area contributed by atoms with E-state index in [-0.39, 0.29) is 17.4 Å². The van der Waals surface area contributed by atoms with Crippen LogP contribution >= 0.6 is 11.3 Å². The van der Waals surface area contributed by atoms with E-state index < -0.39 is 0 Å². The van der Waals surface area contributed by atoms with E-state index in [0.717, 1.165) is 33.2 Å². The molecule has 0 unspecified atom stereocenters. The lowest BCUT2D eigenvalue weighted by molar-refractivity contribution is 0.0750. The highest BCUT2D eigenvalue weighted by Gasteiger charge is 2.25. The molecule has 0 saturated carbocycles. The number of hydrogen-bond donors (Lipinski definition) is 2. The summed E-state index contributed by atoms with van der Waals surface area (Å²) in [6, 6.07) is 15.3. The molecule has 9 nitrogen and oxygen atoms in total. The molecule has 0 spiro atoms. The number of pyridine rings is 1. The molecule has 0 aliphatic carbocycles. The summed E-state index contributed by atoms with van der Waals surface area (Å²) < 4.78 is 1.76. The van der Waals surface area contributed by atoms with Gasteiger partial charge in [-0.05, 0) is 55.1 Å². The van der Waals surface area contributed by atoms with Gasteiger partial charge in [-0.25, -0.2) is 14.5 Å². The van der Waals surface area contributed by atoms with Gasteiger partial charge >= 0.3 is 6.03 Å². The molecule has 1 aliphatic heterocycles. The number of aryl methyl sites for hydroxylation is 2. The van der Waals surface area contributed by atoms with Gasteiger partial charge in [0.15, 0.2) is 0 Å². The van der Waals surface area contributed by atoms with E-state index in [2.05, 4.69) is 41.3 Å². The number of carbonyl (C=O) groups is 2. The summed E-state index contributed by atoms with van der Waals surface area (Å²) in [5.41, 5.74) is 4.33. The van der Waals surface area contributed by atoms with Gasteiger partial charge in [-0.15, -0.1) is 11.3 Å². The standard InChI is InChI=1S/C30H35N7O2S/c1-20-6-9-23(10-7-20)37-26(18-24(34-37)30(3,4)5)33-29(39)32-22-8-11-25(31-19-22)35-13-15-36(16-14-35)28(38)27-21(2)12-17-40-27/h6-12,17-19H,13-16H2,1-5H3,(H2,32,33,39). The second kappa shape index (κ2) is 11.1. The maximum absolute atomic E-state index is 12.9. The van der Waals surface area contributed by atoms with Gasteiger partial charge in [0, 0.05) is 37.7 Å². The third kappa shape index (κ3) is 6.02. The van der Waals surface area contributed by atoms with Crippen LogP contribution in [0.2, 0.25) is 0 Å². The van der Waals surface area contributed by atoms with E-state index in [1.165, 1.54) is 11.3 Å². The molecule has 4 heterocycles. The summed E-state index contributed by atoms with van der Waals surface area (Å²) in [7, 11) is 0. The van der Waals surface area contributed by atoms with Crippen LogP contribution in [0.5, 0.6) is 0 Å². The van der Waals surface area contributed by atoms with E-state index in [0.29, 0.717) is 37.7 Å². The van der Waals surface area contributed by atoms with Crippen LogP contribution in [0, 0.1) is 13.8 Å². The third-order valence-electron chi connectivity index (χ3n) is 6.95. The molecule has 40 heavy (non-hydrogen) atoms. The lowest BCUT2D eigenvalue weighted by Crippen LogP contribution is -2.49. The highest BCUT2D eigenvalue weighted by Crippen LogP contribution is 2.27. The average molecular weight is 558 g/mol. The number of carbonyl (C=O) groups excluding carboxylic acids is 2. The fourth-order valence-corrected chi connectivity index (χ4v) is 5.41. The Morgan fingerprint density at radius 3 is 2.25 bits per heavy atom. The summed E-state index contributed by atoms with van der Waals surface area (Å²) in [4.78, 5) is 35.2. The van der Waals surface area contributed by atoms with E-state index in [1.54, 1.807) is 10.9 Å². The van der Waals surface area contributed by atoms with Gasteiger partial charge in [-0.3, -0.25) is 10.1 Å². The van der Waals surface area contributed by atoms with Crippen molar-refractivity contribution in [3.63, 3.8) is 0 Å². The first kappa shape index (κ1) is 27.4. The zero-order valence-corrected chi connectivity index (χ0v) is 24.4. The van der Waals surface area contributed by atoms with Crippen molar-refractivity contribution in [1.29, 1.82) is 0 Å². The third-order valence-corrected chi connectivity index (χ3v) is 7.96. The lowest BCUT2D eigenvalue weighted by atomic mass is 9.92. The van der Waals surface area contributed by atoms with Gasteiger partial charge in [0.1, 0.15) is 11.6 Å². The minimum Gasteiger partial charge on any atom is -0.353 e. The number of piperazine rings is 1. The highest BCUT2D eigenvalue weighted by molar-refractivity contribution is 7.12. The molecule has 1 saturated heterocycles. The van der Waals surface area contributed by atoms with Crippen molar-refractivity contribution >= 4 is 40.6 Å². The zero-order chi connectivity index (χ0) is 28.4. The van der Waals surface area contributed by atoms with Crippen molar-refractivity contribution in [2.75, 3.05) is 41.7 Å². The van der Waals surface area contributed by atoms with Gasteiger partial charge in [0.05, 0.1) is 28.1 Å². The van der Waals surface area contributed by atoms with Crippen molar-refractivity contribution in [1.82, 2.24) is 19.7 Å². The van der Waals surface area contributed by atoms with Crippen molar-refractivity contribution in [2.24, 2.45) is 0 Å². The van der Waals surface area contributed by atoms with Gasteiger partial charge in [-0.2, -0.15) is 5.10 Å². The first-order valence-electron chi connectivity index (χ1n) is 13.4. The molecular formula is C30H35N7O2S. The van der Waals surface area contributed by atoms with E-state index in [1.807, 2.05) is 72.7 Å². The number of amides is 3. The Balaban J connectivity index is 1.21. The Hall–Kier alpha value is -4.18. The normalized spacial score (nSPS) is 13.8. The number of aromatic nitrogens is 3. The molecule has 208 valence electrons. The molecule has 1 aromatic carbocycles. The smallest absolute Gasteiger partial charge is 0.324 e. The molecule has 1 fully saturated rings. The van der Waals surface area contributed by atoms with Gasteiger partial charge in [0.25, 0.3) is 5.91 Å². The van der Waals surface area contributed by atoms with Crippen LogP contribution in [0.3, 0.4) is 0 Å². The number of rotatable bonds is 5. The maximum atomic E-state index is 12.9. The van der Waals surface area contributed by atoms with Crippen LogP contribution in [0.4, 0.5) is 22.1 Å².